The molecule has 3 aromatic rings. The lowest BCUT2D eigenvalue weighted by molar-refractivity contribution is -0.118. The summed E-state index contributed by atoms with van der Waals surface area (Å²) in [6, 6.07) is 14.5. The fraction of sp³-hybridized carbons (Fsp3) is 0.211. The van der Waals surface area contributed by atoms with Gasteiger partial charge in [0.15, 0.2) is 0 Å². The lowest BCUT2D eigenvalue weighted by Crippen LogP contribution is -2.24. The molecular weight excluding hydrogens is 344 g/mol. The van der Waals surface area contributed by atoms with E-state index in [-0.39, 0.29) is 17.7 Å². The van der Waals surface area contributed by atoms with E-state index in [9.17, 15) is 9.59 Å². The summed E-state index contributed by atoms with van der Waals surface area (Å²) in [7, 11) is 0. The van der Waals surface area contributed by atoms with Crippen molar-refractivity contribution in [2.24, 2.45) is 5.92 Å². The quantitative estimate of drug-likeness (QED) is 0.698. The van der Waals surface area contributed by atoms with Crippen LogP contribution in [0.1, 0.15) is 29.8 Å². The molecule has 0 fully saturated rings. The Bertz CT molecular complexity index is 920. The van der Waals surface area contributed by atoms with Crippen LogP contribution in [0.15, 0.2) is 54.9 Å². The first-order valence-corrected chi connectivity index (χ1v) is 8.55. The lowest BCUT2D eigenvalue weighted by Gasteiger charge is -2.11. The molecule has 0 unspecified atom stereocenters. The largest absolute Gasteiger partial charge is 0.348 e. The van der Waals surface area contributed by atoms with Crippen LogP contribution in [-0.4, -0.2) is 32.0 Å². The molecule has 138 valence electrons. The molecule has 0 atom stereocenters. The van der Waals surface area contributed by atoms with Crippen LogP contribution in [0.5, 0.6) is 0 Å². The van der Waals surface area contributed by atoms with Gasteiger partial charge >= 0.3 is 0 Å². The predicted octanol–water partition coefficient (Wildman–Crippen LogP) is 2.19. The van der Waals surface area contributed by atoms with E-state index in [1.165, 1.54) is 11.0 Å². The molecule has 0 bridgehead atoms. The van der Waals surface area contributed by atoms with E-state index >= 15 is 0 Å². The fourth-order valence-electron chi connectivity index (χ4n) is 2.41. The Morgan fingerprint density at radius 3 is 2.48 bits per heavy atom. The van der Waals surface area contributed by atoms with Gasteiger partial charge in [-0.3, -0.25) is 9.59 Å². The highest BCUT2D eigenvalue weighted by molar-refractivity contribution is 5.97. The number of rotatable bonds is 6. The minimum atomic E-state index is -0.224. The Morgan fingerprint density at radius 2 is 1.81 bits per heavy atom. The number of tetrazole rings is 1. The van der Waals surface area contributed by atoms with Crippen molar-refractivity contribution in [3.05, 3.63) is 66.0 Å². The fourth-order valence-corrected chi connectivity index (χ4v) is 2.41. The molecule has 0 saturated carbocycles. The van der Waals surface area contributed by atoms with Crippen LogP contribution in [0.4, 0.5) is 5.69 Å². The summed E-state index contributed by atoms with van der Waals surface area (Å²) in [5.41, 5.74) is 2.73. The second-order valence-corrected chi connectivity index (χ2v) is 6.30. The molecular formula is C19H20N6O2. The summed E-state index contributed by atoms with van der Waals surface area (Å²) in [4.78, 5) is 24.3. The second-order valence-electron chi connectivity index (χ2n) is 6.30. The van der Waals surface area contributed by atoms with Crippen molar-refractivity contribution in [3.8, 4) is 5.69 Å². The lowest BCUT2D eigenvalue weighted by atomic mass is 10.1. The van der Waals surface area contributed by atoms with Crippen molar-refractivity contribution in [1.29, 1.82) is 0 Å². The van der Waals surface area contributed by atoms with Gasteiger partial charge in [0.1, 0.15) is 6.33 Å². The van der Waals surface area contributed by atoms with Crippen molar-refractivity contribution in [2.75, 3.05) is 5.32 Å². The third-order valence-electron chi connectivity index (χ3n) is 3.94. The van der Waals surface area contributed by atoms with Gasteiger partial charge in [-0.15, -0.1) is 5.10 Å². The Morgan fingerprint density at radius 1 is 1.07 bits per heavy atom. The molecule has 0 spiro atoms. The molecule has 2 amide bonds. The zero-order valence-corrected chi connectivity index (χ0v) is 15.1. The van der Waals surface area contributed by atoms with Crippen LogP contribution in [-0.2, 0) is 11.3 Å². The maximum absolute atomic E-state index is 12.6. The molecule has 1 heterocycles. The molecule has 0 aliphatic heterocycles. The highest BCUT2D eigenvalue weighted by Crippen LogP contribution is 2.14. The molecule has 3 rings (SSSR count). The smallest absolute Gasteiger partial charge is 0.253 e. The van der Waals surface area contributed by atoms with E-state index in [1.54, 1.807) is 18.2 Å². The van der Waals surface area contributed by atoms with Crippen LogP contribution in [0, 0.1) is 5.92 Å². The van der Waals surface area contributed by atoms with Gasteiger partial charge in [-0.2, -0.15) is 4.68 Å². The van der Waals surface area contributed by atoms with Gasteiger partial charge in [0.2, 0.25) is 5.91 Å². The number of nitrogens with zero attached hydrogens (tertiary/aromatic N) is 4. The molecule has 8 nitrogen and oxygen atoms in total. The van der Waals surface area contributed by atoms with Crippen LogP contribution in [0.2, 0.25) is 0 Å². The van der Waals surface area contributed by atoms with Gasteiger partial charge in [0, 0.05) is 18.2 Å². The van der Waals surface area contributed by atoms with Crippen LogP contribution >= 0.6 is 0 Å². The number of nitrogens with one attached hydrogen (secondary N) is 2. The van der Waals surface area contributed by atoms with Crippen LogP contribution < -0.4 is 10.6 Å². The molecule has 27 heavy (non-hydrogen) atoms. The van der Waals surface area contributed by atoms with E-state index in [0.29, 0.717) is 17.8 Å². The Kier molecular flexibility index (Phi) is 5.55. The van der Waals surface area contributed by atoms with E-state index in [0.717, 1.165) is 11.3 Å². The Hall–Kier alpha value is -3.55. The van der Waals surface area contributed by atoms with E-state index in [2.05, 4.69) is 26.2 Å². The van der Waals surface area contributed by atoms with Crippen molar-refractivity contribution >= 4 is 17.5 Å². The van der Waals surface area contributed by atoms with Crippen LogP contribution in [0.25, 0.3) is 5.69 Å². The number of carbonyl (C=O) groups excluding carboxylic acids is 2. The summed E-state index contributed by atoms with van der Waals surface area (Å²) in [5, 5.41) is 16.8. The number of para-hydroxylation sites is 1. The van der Waals surface area contributed by atoms with Gasteiger partial charge in [-0.25, -0.2) is 0 Å². The minimum Gasteiger partial charge on any atom is -0.348 e. The number of anilines is 1. The van der Waals surface area contributed by atoms with Gasteiger partial charge in [0.05, 0.1) is 11.3 Å². The monoisotopic (exact) mass is 364 g/mol. The SMILES string of the molecule is CC(C)C(=O)Nc1ccc(CNC(=O)c2ccccc2-n2cnnn2)cc1. The summed E-state index contributed by atoms with van der Waals surface area (Å²) in [5.74, 6) is -0.335. The zero-order valence-electron chi connectivity index (χ0n) is 15.1. The average Bonchev–Trinajstić information content (AvgIpc) is 3.21. The molecule has 8 heteroatoms. The number of hydrogen-bond acceptors (Lipinski definition) is 5. The standard InChI is InChI=1S/C19H20N6O2/c1-13(2)18(26)22-15-9-7-14(8-10-15)11-20-19(27)16-5-3-4-6-17(16)25-12-21-23-24-25/h3-10,12-13H,11H2,1-2H3,(H,20,27)(H,22,26). The first-order chi connectivity index (χ1) is 13.0. The maximum atomic E-state index is 12.6. The highest BCUT2D eigenvalue weighted by atomic mass is 16.2. The summed E-state index contributed by atoms with van der Waals surface area (Å²) in [6.45, 7) is 4.04. The predicted molar refractivity (Wildman–Crippen MR) is 100 cm³/mol. The third kappa shape index (κ3) is 4.55. The normalized spacial score (nSPS) is 10.6. The number of aromatic nitrogens is 4. The van der Waals surface area contributed by atoms with Gasteiger partial charge < -0.3 is 10.6 Å². The molecule has 2 N–H and O–H groups in total. The van der Waals surface area contributed by atoms with Gasteiger partial charge in [-0.05, 0) is 40.3 Å². The Labute approximate surface area is 156 Å². The van der Waals surface area contributed by atoms with Crippen molar-refractivity contribution in [2.45, 2.75) is 20.4 Å². The first-order valence-electron chi connectivity index (χ1n) is 8.55. The highest BCUT2D eigenvalue weighted by Gasteiger charge is 2.13. The minimum absolute atomic E-state index is 0.0322. The second kappa shape index (κ2) is 8.22. The van der Waals surface area contributed by atoms with Crippen molar-refractivity contribution < 1.29 is 9.59 Å². The third-order valence-corrected chi connectivity index (χ3v) is 3.94. The molecule has 0 aliphatic carbocycles. The maximum Gasteiger partial charge on any atom is 0.253 e. The zero-order chi connectivity index (χ0) is 19.2. The first kappa shape index (κ1) is 18.2. The van der Waals surface area contributed by atoms with E-state index in [1.807, 2.05) is 44.2 Å². The average molecular weight is 364 g/mol. The molecule has 0 saturated heterocycles. The molecule has 2 aromatic carbocycles. The summed E-state index contributed by atoms with van der Waals surface area (Å²) < 4.78 is 1.45. The summed E-state index contributed by atoms with van der Waals surface area (Å²) in [6.07, 6.45) is 1.44. The van der Waals surface area contributed by atoms with Gasteiger partial charge in [0.25, 0.3) is 5.91 Å². The number of hydrogen-bond donors (Lipinski definition) is 2. The van der Waals surface area contributed by atoms with Gasteiger partial charge in [-0.1, -0.05) is 38.1 Å². The molecule has 0 radical (unpaired) electrons. The topological polar surface area (TPSA) is 102 Å². The summed E-state index contributed by atoms with van der Waals surface area (Å²) >= 11 is 0. The number of carbonyl (C=O) groups is 2. The van der Waals surface area contributed by atoms with Crippen LogP contribution in [0.3, 0.4) is 0 Å². The van der Waals surface area contributed by atoms with E-state index in [4.69, 9.17) is 0 Å². The number of amides is 2. The Balaban J connectivity index is 1.64. The van der Waals surface area contributed by atoms with Crippen molar-refractivity contribution in [1.82, 2.24) is 25.5 Å². The molecule has 1 aromatic heterocycles. The molecule has 0 aliphatic rings. The van der Waals surface area contributed by atoms with E-state index < -0.39 is 0 Å². The number of benzene rings is 2. The van der Waals surface area contributed by atoms with Crippen molar-refractivity contribution in [3.63, 3.8) is 0 Å².